The molecule has 0 fully saturated rings. The lowest BCUT2D eigenvalue weighted by Gasteiger charge is -2.02. The van der Waals surface area contributed by atoms with Gasteiger partial charge in [-0.3, -0.25) is 4.98 Å². The molecule has 0 N–H and O–H groups in total. The molecule has 0 atom stereocenters. The van der Waals surface area contributed by atoms with E-state index in [9.17, 15) is 0 Å². The van der Waals surface area contributed by atoms with E-state index in [0.29, 0.717) is 0 Å². The van der Waals surface area contributed by atoms with Crippen LogP contribution in [0.15, 0.2) is 53.6 Å². The number of benzene rings is 1. The third-order valence-electron chi connectivity index (χ3n) is 2.66. The molecule has 0 aliphatic rings. The van der Waals surface area contributed by atoms with Crippen LogP contribution in [0, 0.1) is 0 Å². The summed E-state index contributed by atoms with van der Waals surface area (Å²) in [5.74, 6) is 1.09. The summed E-state index contributed by atoms with van der Waals surface area (Å²) >= 11 is 1.89. The molecule has 96 valence electrons. The molecule has 18 heavy (non-hydrogen) atoms. The summed E-state index contributed by atoms with van der Waals surface area (Å²) in [5.41, 5.74) is 2.50. The van der Waals surface area contributed by atoms with Crippen molar-refractivity contribution in [2.24, 2.45) is 0 Å². The van der Waals surface area contributed by atoms with Crippen LogP contribution in [0.2, 0.25) is 0 Å². The summed E-state index contributed by atoms with van der Waals surface area (Å²) < 4.78 is 0. The van der Waals surface area contributed by atoms with E-state index in [-0.39, 0.29) is 12.4 Å². The minimum absolute atomic E-state index is 0. The average molecular weight is 280 g/mol. The highest BCUT2D eigenvalue weighted by atomic mass is 35.5. The Bertz CT molecular complexity index is 442. The second-order valence-corrected chi connectivity index (χ2v) is 5.09. The van der Waals surface area contributed by atoms with Crippen LogP contribution in [-0.2, 0) is 12.8 Å². The Morgan fingerprint density at radius 1 is 1.06 bits per heavy atom. The Balaban J connectivity index is 0.00000162. The number of nitrogens with zero attached hydrogens (tertiary/aromatic N) is 1. The highest BCUT2D eigenvalue weighted by Crippen LogP contribution is 2.17. The molecule has 0 aliphatic carbocycles. The zero-order valence-corrected chi connectivity index (χ0v) is 12.1. The van der Waals surface area contributed by atoms with Gasteiger partial charge < -0.3 is 0 Å². The lowest BCUT2D eigenvalue weighted by molar-refractivity contribution is 1.01. The number of thioether (sulfide) groups is 1. The van der Waals surface area contributed by atoms with Gasteiger partial charge in [0.05, 0.1) is 0 Å². The van der Waals surface area contributed by atoms with Crippen molar-refractivity contribution in [2.75, 3.05) is 5.75 Å². The monoisotopic (exact) mass is 279 g/mol. The smallest absolute Gasteiger partial charge is 0.0412 e. The third-order valence-corrected chi connectivity index (χ3v) is 3.68. The fraction of sp³-hybridized carbons (Fsp3) is 0.267. The van der Waals surface area contributed by atoms with E-state index in [0.717, 1.165) is 18.6 Å². The standard InChI is InChI=1S/C15H17NS.ClH/c1-2-13-8-9-14(16-12-13)10-11-17-15-6-4-3-5-7-15;/h3-9,12H,2,10-11H2,1H3;1H. The van der Waals surface area contributed by atoms with Gasteiger partial charge in [0.15, 0.2) is 0 Å². The molecule has 0 bridgehead atoms. The Labute approximate surface area is 119 Å². The van der Waals surface area contributed by atoms with E-state index >= 15 is 0 Å². The predicted molar refractivity (Wildman–Crippen MR) is 81.7 cm³/mol. The molecule has 0 saturated carbocycles. The maximum atomic E-state index is 4.47. The van der Waals surface area contributed by atoms with Crippen LogP contribution >= 0.6 is 24.2 Å². The number of hydrogen-bond donors (Lipinski definition) is 0. The van der Waals surface area contributed by atoms with E-state index in [4.69, 9.17) is 0 Å². The van der Waals surface area contributed by atoms with Gasteiger partial charge in [-0.2, -0.15) is 0 Å². The SMILES string of the molecule is CCc1ccc(CCSc2ccccc2)nc1.Cl. The predicted octanol–water partition coefficient (Wildman–Crippen LogP) is 4.40. The van der Waals surface area contributed by atoms with Gasteiger partial charge in [-0.05, 0) is 36.6 Å². The van der Waals surface area contributed by atoms with Gasteiger partial charge in [-0.25, -0.2) is 0 Å². The number of aromatic nitrogens is 1. The van der Waals surface area contributed by atoms with Crippen LogP contribution in [0.4, 0.5) is 0 Å². The van der Waals surface area contributed by atoms with Crippen LogP contribution in [-0.4, -0.2) is 10.7 Å². The van der Waals surface area contributed by atoms with Gasteiger partial charge in [-0.15, -0.1) is 24.2 Å². The van der Waals surface area contributed by atoms with Crippen LogP contribution in [0.5, 0.6) is 0 Å². The minimum atomic E-state index is 0. The molecule has 1 aromatic heterocycles. The maximum Gasteiger partial charge on any atom is 0.0412 e. The van der Waals surface area contributed by atoms with Crippen molar-refractivity contribution in [2.45, 2.75) is 24.7 Å². The van der Waals surface area contributed by atoms with Gasteiger partial charge in [-0.1, -0.05) is 31.2 Å². The first kappa shape index (κ1) is 15.1. The van der Waals surface area contributed by atoms with Gasteiger partial charge in [0.1, 0.15) is 0 Å². The van der Waals surface area contributed by atoms with Crippen LogP contribution in [0.3, 0.4) is 0 Å². The van der Waals surface area contributed by atoms with Crippen molar-refractivity contribution in [3.05, 3.63) is 59.9 Å². The highest BCUT2D eigenvalue weighted by Gasteiger charge is 1.97. The second kappa shape index (κ2) is 8.17. The summed E-state index contributed by atoms with van der Waals surface area (Å²) in [7, 11) is 0. The van der Waals surface area contributed by atoms with Crippen molar-refractivity contribution in [1.29, 1.82) is 0 Å². The fourth-order valence-electron chi connectivity index (χ4n) is 1.60. The topological polar surface area (TPSA) is 12.9 Å². The van der Waals surface area contributed by atoms with E-state index in [1.807, 2.05) is 18.0 Å². The molecule has 1 heterocycles. The Morgan fingerprint density at radius 3 is 2.44 bits per heavy atom. The largest absolute Gasteiger partial charge is 0.261 e. The molecule has 1 nitrogen and oxygen atoms in total. The normalized spacial score (nSPS) is 9.83. The molecule has 0 radical (unpaired) electrons. The fourth-order valence-corrected chi connectivity index (χ4v) is 2.50. The second-order valence-electron chi connectivity index (χ2n) is 3.92. The molecule has 1 aromatic carbocycles. The molecule has 2 aromatic rings. The van der Waals surface area contributed by atoms with E-state index < -0.39 is 0 Å². The first-order chi connectivity index (χ1) is 8.38. The van der Waals surface area contributed by atoms with Crippen molar-refractivity contribution < 1.29 is 0 Å². The number of halogens is 1. The van der Waals surface area contributed by atoms with Crippen LogP contribution in [0.25, 0.3) is 0 Å². The zero-order valence-electron chi connectivity index (χ0n) is 10.5. The molecular formula is C15H18ClNS. The quantitative estimate of drug-likeness (QED) is 0.753. The Morgan fingerprint density at radius 2 is 1.83 bits per heavy atom. The summed E-state index contributed by atoms with van der Waals surface area (Å²) in [6, 6.07) is 14.8. The number of pyridine rings is 1. The molecule has 0 amide bonds. The van der Waals surface area contributed by atoms with E-state index in [2.05, 4.69) is 54.4 Å². The van der Waals surface area contributed by atoms with E-state index in [1.165, 1.54) is 16.2 Å². The minimum Gasteiger partial charge on any atom is -0.261 e. The number of rotatable bonds is 5. The van der Waals surface area contributed by atoms with Crippen molar-refractivity contribution >= 4 is 24.2 Å². The Hall–Kier alpha value is -0.990. The first-order valence-corrected chi connectivity index (χ1v) is 6.98. The van der Waals surface area contributed by atoms with Gasteiger partial charge in [0, 0.05) is 22.5 Å². The van der Waals surface area contributed by atoms with Gasteiger partial charge >= 0.3 is 0 Å². The summed E-state index contributed by atoms with van der Waals surface area (Å²) in [6.07, 6.45) is 4.08. The Kier molecular flexibility index (Phi) is 6.84. The number of aryl methyl sites for hydroxylation is 2. The van der Waals surface area contributed by atoms with Crippen LogP contribution in [0.1, 0.15) is 18.2 Å². The lowest BCUT2D eigenvalue weighted by Crippen LogP contribution is -1.93. The third kappa shape index (κ3) is 4.71. The van der Waals surface area contributed by atoms with Gasteiger partial charge in [0.2, 0.25) is 0 Å². The molecule has 3 heteroatoms. The van der Waals surface area contributed by atoms with Crippen molar-refractivity contribution in [1.82, 2.24) is 4.98 Å². The highest BCUT2D eigenvalue weighted by molar-refractivity contribution is 7.99. The maximum absolute atomic E-state index is 4.47. The van der Waals surface area contributed by atoms with Crippen LogP contribution < -0.4 is 0 Å². The summed E-state index contributed by atoms with van der Waals surface area (Å²) in [6.45, 7) is 2.15. The van der Waals surface area contributed by atoms with Gasteiger partial charge in [0.25, 0.3) is 0 Å². The summed E-state index contributed by atoms with van der Waals surface area (Å²) in [4.78, 5) is 5.80. The molecule has 0 spiro atoms. The summed E-state index contributed by atoms with van der Waals surface area (Å²) in [5, 5.41) is 0. The molecule has 0 unspecified atom stereocenters. The molecule has 0 saturated heterocycles. The van der Waals surface area contributed by atoms with E-state index in [1.54, 1.807) is 0 Å². The molecule has 2 rings (SSSR count). The lowest BCUT2D eigenvalue weighted by atomic mass is 10.2. The molecular weight excluding hydrogens is 262 g/mol. The van der Waals surface area contributed by atoms with Crippen molar-refractivity contribution in [3.63, 3.8) is 0 Å². The molecule has 0 aliphatic heterocycles. The number of hydrogen-bond acceptors (Lipinski definition) is 2. The van der Waals surface area contributed by atoms with Crippen molar-refractivity contribution in [3.8, 4) is 0 Å². The zero-order chi connectivity index (χ0) is 11.9. The average Bonchev–Trinajstić information content (AvgIpc) is 2.41. The first-order valence-electron chi connectivity index (χ1n) is 6.00.